The maximum absolute atomic E-state index is 5.54. The van der Waals surface area contributed by atoms with Gasteiger partial charge in [0.1, 0.15) is 5.52 Å². The number of hydrogen-bond acceptors (Lipinski definition) is 3. The van der Waals surface area contributed by atoms with Gasteiger partial charge in [0.25, 0.3) is 0 Å². The number of furan rings is 1. The first-order chi connectivity index (χ1) is 9.43. The fraction of sp³-hybridized carbons (Fsp3) is 0.333. The highest BCUT2D eigenvalue weighted by Crippen LogP contribution is 2.36. The summed E-state index contributed by atoms with van der Waals surface area (Å²) in [6, 6.07) is 8.31. The van der Waals surface area contributed by atoms with Gasteiger partial charge in [0.2, 0.25) is 0 Å². The van der Waals surface area contributed by atoms with Gasteiger partial charge in [-0.15, -0.1) is 0 Å². The van der Waals surface area contributed by atoms with Crippen LogP contribution in [-0.4, -0.2) is 14.5 Å². The van der Waals surface area contributed by atoms with Crippen LogP contribution in [0.5, 0.6) is 0 Å². The Kier molecular flexibility index (Phi) is 2.40. The normalized spacial score (nSPS) is 16.4. The van der Waals surface area contributed by atoms with Gasteiger partial charge in [-0.3, -0.25) is 0 Å². The van der Waals surface area contributed by atoms with Gasteiger partial charge in [0.05, 0.1) is 6.26 Å². The lowest BCUT2D eigenvalue weighted by Gasteiger charge is -2.14. The number of hydrogen-bond donors (Lipinski definition) is 0. The fourth-order valence-corrected chi connectivity index (χ4v) is 3.02. The van der Waals surface area contributed by atoms with Gasteiger partial charge in [-0.1, -0.05) is 12.8 Å². The molecule has 1 aliphatic carbocycles. The quantitative estimate of drug-likeness (QED) is 0.697. The minimum absolute atomic E-state index is 0.500. The van der Waals surface area contributed by atoms with E-state index >= 15 is 0 Å². The minimum Gasteiger partial charge on any atom is -0.461 e. The number of aromatic nitrogens is 3. The molecule has 0 aliphatic heterocycles. The van der Waals surface area contributed by atoms with E-state index in [9.17, 15) is 0 Å². The van der Waals surface area contributed by atoms with Gasteiger partial charge in [0, 0.05) is 12.2 Å². The molecule has 4 rings (SSSR count). The Labute approximate surface area is 111 Å². The Morgan fingerprint density at radius 1 is 1.16 bits per heavy atom. The van der Waals surface area contributed by atoms with Gasteiger partial charge in [-0.25, -0.2) is 9.97 Å². The predicted octanol–water partition coefficient (Wildman–Crippen LogP) is 3.81. The van der Waals surface area contributed by atoms with E-state index in [1.54, 1.807) is 6.26 Å². The zero-order chi connectivity index (χ0) is 12.7. The molecular weight excluding hydrogens is 238 g/mol. The molecule has 0 radical (unpaired) electrons. The molecule has 3 heterocycles. The molecule has 4 nitrogen and oxygen atoms in total. The second-order valence-electron chi connectivity index (χ2n) is 5.07. The molecule has 0 spiro atoms. The van der Waals surface area contributed by atoms with Crippen LogP contribution in [0.4, 0.5) is 0 Å². The van der Waals surface area contributed by atoms with Crippen LogP contribution in [0.1, 0.15) is 31.7 Å². The van der Waals surface area contributed by atoms with Crippen LogP contribution >= 0.6 is 0 Å². The molecule has 0 N–H and O–H groups in total. The molecule has 0 atom stereocenters. The number of pyridine rings is 1. The molecular formula is C15H15N3O. The lowest BCUT2D eigenvalue weighted by atomic mass is 10.2. The van der Waals surface area contributed by atoms with Gasteiger partial charge < -0.3 is 8.98 Å². The number of rotatable bonds is 2. The van der Waals surface area contributed by atoms with Crippen LogP contribution in [0.2, 0.25) is 0 Å². The third-order valence-electron chi connectivity index (χ3n) is 3.88. The van der Waals surface area contributed by atoms with Crippen molar-refractivity contribution in [3.63, 3.8) is 0 Å². The van der Waals surface area contributed by atoms with Crippen molar-refractivity contribution in [2.75, 3.05) is 0 Å². The maximum Gasteiger partial charge on any atom is 0.178 e. The summed E-state index contributed by atoms with van der Waals surface area (Å²) in [5.74, 6) is 1.73. The van der Waals surface area contributed by atoms with Gasteiger partial charge in [-0.05, 0) is 37.1 Å². The van der Waals surface area contributed by atoms with E-state index in [0.717, 1.165) is 22.7 Å². The topological polar surface area (TPSA) is 43.9 Å². The van der Waals surface area contributed by atoms with Crippen molar-refractivity contribution in [3.8, 4) is 11.6 Å². The highest BCUT2D eigenvalue weighted by molar-refractivity contribution is 5.76. The summed E-state index contributed by atoms with van der Waals surface area (Å²) in [6.45, 7) is 0. The van der Waals surface area contributed by atoms with Crippen LogP contribution in [0.3, 0.4) is 0 Å². The van der Waals surface area contributed by atoms with E-state index < -0.39 is 0 Å². The van der Waals surface area contributed by atoms with E-state index in [2.05, 4.69) is 9.55 Å². The van der Waals surface area contributed by atoms with E-state index in [-0.39, 0.29) is 0 Å². The SMILES string of the molecule is c1coc(-c2nc3cccnc3n2C2CCCC2)c1. The molecule has 3 aromatic heterocycles. The van der Waals surface area contributed by atoms with Crippen LogP contribution < -0.4 is 0 Å². The maximum atomic E-state index is 5.54. The standard InChI is InChI=1S/C15H15N3O/c1-2-6-11(5-1)18-14-12(7-3-9-16-14)17-15(18)13-8-4-10-19-13/h3-4,7-11H,1-2,5-6H2. The Morgan fingerprint density at radius 3 is 2.84 bits per heavy atom. The fourth-order valence-electron chi connectivity index (χ4n) is 3.02. The van der Waals surface area contributed by atoms with Gasteiger partial charge in [0.15, 0.2) is 17.2 Å². The summed E-state index contributed by atoms with van der Waals surface area (Å²) in [5.41, 5.74) is 1.92. The van der Waals surface area contributed by atoms with Crippen molar-refractivity contribution >= 4 is 11.2 Å². The second kappa shape index (κ2) is 4.23. The molecule has 1 saturated carbocycles. The van der Waals surface area contributed by atoms with Gasteiger partial charge in [-0.2, -0.15) is 0 Å². The molecule has 1 fully saturated rings. The highest BCUT2D eigenvalue weighted by atomic mass is 16.3. The lowest BCUT2D eigenvalue weighted by Crippen LogP contribution is -2.07. The van der Waals surface area contributed by atoms with Crippen LogP contribution in [-0.2, 0) is 0 Å². The predicted molar refractivity (Wildman–Crippen MR) is 72.7 cm³/mol. The smallest absolute Gasteiger partial charge is 0.178 e. The molecule has 0 bridgehead atoms. The zero-order valence-corrected chi connectivity index (χ0v) is 10.6. The number of fused-ring (bicyclic) bond motifs is 1. The largest absolute Gasteiger partial charge is 0.461 e. The van der Waals surface area contributed by atoms with Crippen molar-refractivity contribution < 1.29 is 4.42 Å². The first-order valence-electron chi connectivity index (χ1n) is 6.80. The molecule has 0 unspecified atom stereocenters. The molecule has 0 saturated heterocycles. The van der Waals surface area contributed by atoms with Crippen molar-refractivity contribution in [1.82, 2.24) is 14.5 Å². The van der Waals surface area contributed by atoms with E-state index in [1.165, 1.54) is 25.7 Å². The number of imidazole rings is 1. The molecule has 4 heteroatoms. The Morgan fingerprint density at radius 2 is 2.05 bits per heavy atom. The lowest BCUT2D eigenvalue weighted by molar-refractivity contribution is 0.516. The Bertz CT molecular complexity index is 693. The Hall–Kier alpha value is -2.10. The minimum atomic E-state index is 0.500. The first kappa shape index (κ1) is 10.8. The summed E-state index contributed by atoms with van der Waals surface area (Å²) in [4.78, 5) is 9.22. The van der Waals surface area contributed by atoms with Crippen LogP contribution in [0.15, 0.2) is 41.1 Å². The van der Waals surface area contributed by atoms with Crippen LogP contribution in [0.25, 0.3) is 22.7 Å². The van der Waals surface area contributed by atoms with Crippen molar-refractivity contribution in [2.24, 2.45) is 0 Å². The monoisotopic (exact) mass is 253 g/mol. The molecule has 96 valence electrons. The summed E-state index contributed by atoms with van der Waals surface area (Å²) < 4.78 is 7.80. The van der Waals surface area contributed by atoms with E-state index in [4.69, 9.17) is 9.40 Å². The molecule has 1 aliphatic rings. The summed E-state index contributed by atoms with van der Waals surface area (Å²) in [6.07, 6.45) is 8.51. The summed E-state index contributed by atoms with van der Waals surface area (Å²) in [5, 5.41) is 0. The molecule has 0 amide bonds. The van der Waals surface area contributed by atoms with E-state index in [0.29, 0.717) is 6.04 Å². The van der Waals surface area contributed by atoms with Crippen LogP contribution in [0, 0.1) is 0 Å². The average Bonchev–Trinajstić information content (AvgIpc) is 3.17. The summed E-state index contributed by atoms with van der Waals surface area (Å²) in [7, 11) is 0. The second-order valence-corrected chi connectivity index (χ2v) is 5.07. The first-order valence-corrected chi connectivity index (χ1v) is 6.80. The molecule has 0 aromatic carbocycles. The molecule has 3 aromatic rings. The number of nitrogens with zero attached hydrogens (tertiary/aromatic N) is 3. The van der Waals surface area contributed by atoms with Crippen molar-refractivity contribution in [3.05, 3.63) is 36.7 Å². The van der Waals surface area contributed by atoms with E-state index in [1.807, 2.05) is 30.5 Å². The van der Waals surface area contributed by atoms with Gasteiger partial charge >= 0.3 is 0 Å². The average molecular weight is 253 g/mol. The van der Waals surface area contributed by atoms with Crippen molar-refractivity contribution in [2.45, 2.75) is 31.7 Å². The Balaban J connectivity index is 1.98. The zero-order valence-electron chi connectivity index (χ0n) is 10.6. The third-order valence-corrected chi connectivity index (χ3v) is 3.88. The van der Waals surface area contributed by atoms with Crippen molar-refractivity contribution in [1.29, 1.82) is 0 Å². The third kappa shape index (κ3) is 1.67. The summed E-state index contributed by atoms with van der Waals surface area (Å²) >= 11 is 0. The molecule has 19 heavy (non-hydrogen) atoms. The highest BCUT2D eigenvalue weighted by Gasteiger charge is 2.24.